The number of nitrogens with two attached hydrogens (primary N) is 1. The monoisotopic (exact) mass is 274 g/mol. The average molecular weight is 274 g/mol. The molecule has 0 bridgehead atoms. The third-order valence-electron chi connectivity index (χ3n) is 1.11. The molecule has 15 heavy (non-hydrogen) atoms. The van der Waals surface area contributed by atoms with Gasteiger partial charge in [-0.3, -0.25) is 0 Å². The van der Waals surface area contributed by atoms with E-state index in [0.717, 1.165) is 0 Å². The maximum Gasteiger partial charge on any atom is 4.00 e. The Morgan fingerprint density at radius 2 is 0.800 bits per heavy atom. The Labute approximate surface area is 117 Å². The summed E-state index contributed by atoms with van der Waals surface area (Å²) in [4.78, 5) is 0. The van der Waals surface area contributed by atoms with Crippen molar-refractivity contribution in [3.05, 3.63) is 64.2 Å². The van der Waals surface area contributed by atoms with E-state index in [9.17, 15) is 0 Å². The van der Waals surface area contributed by atoms with Crippen molar-refractivity contribution >= 4 is 29.2 Å². The quantitative estimate of drug-likeness (QED) is 0.523. The van der Waals surface area contributed by atoms with E-state index in [4.69, 9.17) is 5.73 Å². The molecule has 4 heteroatoms. The molecule has 0 aromatic heterocycles. The van der Waals surface area contributed by atoms with Crippen LogP contribution < -0.4 is 5.73 Å². The molecule has 0 aliphatic heterocycles. The van der Waals surface area contributed by atoms with Crippen molar-refractivity contribution in [3.8, 4) is 0 Å². The number of hydrogen-bond acceptors (Lipinski definition) is 1. The Morgan fingerprint density at radius 1 is 0.733 bits per heavy atom. The first kappa shape index (κ1) is 18.2. The summed E-state index contributed by atoms with van der Waals surface area (Å²) in [5.74, 6) is 0. The maximum atomic E-state index is 4.71. The summed E-state index contributed by atoms with van der Waals surface area (Å²) >= 11 is 7.65. The molecular formula is C11H13NS2V+4. The molecule has 2 rings (SSSR count). The zero-order chi connectivity index (χ0) is 10.6. The fraction of sp³-hybridized carbons (Fsp3) is 0. The van der Waals surface area contributed by atoms with Gasteiger partial charge in [-0.15, -0.1) is 12.6 Å². The summed E-state index contributed by atoms with van der Waals surface area (Å²) in [6.45, 7) is 0. The van der Waals surface area contributed by atoms with Gasteiger partial charge >= 0.3 is 18.6 Å². The van der Waals surface area contributed by atoms with Gasteiger partial charge in [0.05, 0.1) is 0 Å². The molecular weight excluding hydrogens is 261 g/mol. The summed E-state index contributed by atoms with van der Waals surface area (Å²) in [6.07, 6.45) is 20.0. The number of thiocarbonyl (C=S) groups is 1. The third-order valence-corrected chi connectivity index (χ3v) is 1.11. The van der Waals surface area contributed by atoms with Crippen molar-refractivity contribution in [3.63, 3.8) is 0 Å². The van der Waals surface area contributed by atoms with Crippen molar-refractivity contribution in [2.24, 2.45) is 5.73 Å². The summed E-state index contributed by atoms with van der Waals surface area (Å²) in [6, 6.07) is 0. The third kappa shape index (κ3) is 20.8. The van der Waals surface area contributed by atoms with E-state index in [0.29, 0.717) is 0 Å². The molecule has 0 atom stereocenters. The first-order valence-corrected chi connectivity index (χ1v) is 4.91. The maximum absolute atomic E-state index is 4.71. The Balaban J connectivity index is 0. The van der Waals surface area contributed by atoms with Gasteiger partial charge in [0, 0.05) is 0 Å². The largest absolute Gasteiger partial charge is 4.00 e. The topological polar surface area (TPSA) is 26.0 Å². The fourth-order valence-corrected chi connectivity index (χ4v) is 0.642. The zero-order valence-corrected chi connectivity index (χ0v) is 11.3. The van der Waals surface area contributed by atoms with E-state index in [2.05, 4.69) is 24.8 Å². The van der Waals surface area contributed by atoms with Crippen LogP contribution in [0.1, 0.15) is 0 Å². The molecule has 2 saturated carbocycles. The van der Waals surface area contributed by atoms with Gasteiger partial charge in [0.15, 0.2) is 0 Å². The first-order chi connectivity index (χ1) is 6.73. The van der Waals surface area contributed by atoms with Crippen molar-refractivity contribution in [1.82, 2.24) is 0 Å². The van der Waals surface area contributed by atoms with Crippen LogP contribution in [0, 0.1) is 64.2 Å². The molecule has 0 saturated heterocycles. The van der Waals surface area contributed by atoms with Crippen LogP contribution in [0.15, 0.2) is 0 Å². The summed E-state index contributed by atoms with van der Waals surface area (Å²) in [5, 5.41) is 0. The predicted octanol–water partition coefficient (Wildman–Crippen LogP) is 2.20. The Morgan fingerprint density at radius 3 is 0.867 bits per heavy atom. The average Bonchev–Trinajstić information content (AvgIpc) is 2.83. The molecule has 0 amide bonds. The van der Waals surface area contributed by atoms with Gasteiger partial charge in [-0.25, -0.2) is 0 Å². The zero-order valence-electron chi connectivity index (χ0n) is 8.15. The minimum absolute atomic E-state index is 0. The van der Waals surface area contributed by atoms with Gasteiger partial charge in [-0.2, -0.15) is 0 Å². The molecule has 0 aromatic rings. The molecule has 0 unspecified atom stereocenters. The van der Waals surface area contributed by atoms with Crippen LogP contribution in [0.4, 0.5) is 0 Å². The second-order valence-electron chi connectivity index (χ2n) is 2.26. The molecule has 2 N–H and O–H groups in total. The molecule has 0 aromatic carbocycles. The SMILES string of the molecule is NC(=S)S.[CH]1[CH][CH][CH][CH]1.[CH]1[CH][CH][CH][CH]1.[V+4]. The Kier molecular flexibility index (Phi) is 18.0. The van der Waals surface area contributed by atoms with Gasteiger partial charge < -0.3 is 5.73 Å². The number of thiol groups is 1. The van der Waals surface area contributed by atoms with Gasteiger partial charge in [-0.1, -0.05) is 12.2 Å². The summed E-state index contributed by atoms with van der Waals surface area (Å²) in [7, 11) is 0. The van der Waals surface area contributed by atoms with Crippen LogP contribution in [-0.4, -0.2) is 4.32 Å². The minimum atomic E-state index is 0. The molecule has 1 nitrogen and oxygen atoms in total. The van der Waals surface area contributed by atoms with Gasteiger partial charge in [-0.05, 0) is 64.2 Å². The summed E-state index contributed by atoms with van der Waals surface area (Å²) < 4.78 is 0.194. The smallest absolute Gasteiger partial charge is 0.385 e. The van der Waals surface area contributed by atoms with Crippen LogP contribution in [0.5, 0.6) is 0 Å². The standard InChI is InChI=1S/2C5H5.CH3NS2.V/c2*1-2-4-5-3-1;2-1(3)4;/h2*1-5H;(H3,2,3,4);/q;;;+4. The number of rotatable bonds is 0. The fourth-order valence-electron chi connectivity index (χ4n) is 0.642. The van der Waals surface area contributed by atoms with Crippen LogP contribution in [0.3, 0.4) is 0 Å². The van der Waals surface area contributed by atoms with Gasteiger partial charge in [0.1, 0.15) is 4.32 Å². The Bertz CT molecular complexity index is 105. The van der Waals surface area contributed by atoms with Crippen molar-refractivity contribution in [2.45, 2.75) is 0 Å². The molecule has 11 radical (unpaired) electrons. The van der Waals surface area contributed by atoms with Crippen LogP contribution in [0.25, 0.3) is 0 Å². The van der Waals surface area contributed by atoms with Gasteiger partial charge in [0.25, 0.3) is 0 Å². The molecule has 75 valence electrons. The summed E-state index contributed by atoms with van der Waals surface area (Å²) in [5.41, 5.74) is 4.71. The molecule has 2 aliphatic carbocycles. The molecule has 2 aliphatic rings. The number of hydrogen-bond donors (Lipinski definition) is 2. The van der Waals surface area contributed by atoms with E-state index in [1.54, 1.807) is 0 Å². The van der Waals surface area contributed by atoms with Gasteiger partial charge in [0.2, 0.25) is 0 Å². The van der Waals surface area contributed by atoms with E-state index >= 15 is 0 Å². The van der Waals surface area contributed by atoms with E-state index < -0.39 is 0 Å². The molecule has 0 spiro atoms. The van der Waals surface area contributed by atoms with Crippen LogP contribution >= 0.6 is 24.8 Å². The second-order valence-corrected chi connectivity index (χ2v) is 3.49. The van der Waals surface area contributed by atoms with Crippen LogP contribution in [0.2, 0.25) is 0 Å². The second kappa shape index (κ2) is 14.8. The minimum Gasteiger partial charge on any atom is -0.385 e. The predicted molar refractivity (Wildman–Crippen MR) is 68.8 cm³/mol. The van der Waals surface area contributed by atoms with Crippen molar-refractivity contribution < 1.29 is 18.6 Å². The normalized spacial score (nSPS) is 17.7. The first-order valence-electron chi connectivity index (χ1n) is 4.05. The van der Waals surface area contributed by atoms with E-state index in [-0.39, 0.29) is 22.9 Å². The van der Waals surface area contributed by atoms with Crippen molar-refractivity contribution in [2.75, 3.05) is 0 Å². The Hall–Kier alpha value is 0.824. The van der Waals surface area contributed by atoms with E-state index in [1.807, 2.05) is 64.2 Å². The van der Waals surface area contributed by atoms with Crippen molar-refractivity contribution in [1.29, 1.82) is 0 Å². The molecule has 0 heterocycles. The van der Waals surface area contributed by atoms with Crippen LogP contribution in [-0.2, 0) is 18.6 Å². The van der Waals surface area contributed by atoms with E-state index in [1.165, 1.54) is 0 Å². The molecule has 2 fully saturated rings.